The Morgan fingerprint density at radius 2 is 1.29 bits per heavy atom. The van der Waals surface area contributed by atoms with Crippen molar-refractivity contribution in [3.63, 3.8) is 0 Å². The molecule has 0 aliphatic rings. The summed E-state index contributed by atoms with van der Waals surface area (Å²) in [5.74, 6) is -0.949. The molecule has 0 aromatic rings. The summed E-state index contributed by atoms with van der Waals surface area (Å²) >= 11 is 0. The number of allylic oxidation sites excluding steroid dienone is 8. The molecule has 0 aliphatic carbocycles. The normalized spacial score (nSPS) is 11.9. The van der Waals surface area contributed by atoms with Crippen molar-refractivity contribution in [1.82, 2.24) is 0 Å². The Labute approximate surface area is 141 Å². The van der Waals surface area contributed by atoms with Crippen LogP contribution in [0.1, 0.15) is 58.3 Å². The van der Waals surface area contributed by atoms with Crippen LogP contribution < -0.4 is 24.0 Å². The smallest absolute Gasteiger partial charge is 0.550 e. The van der Waals surface area contributed by atoms with Crippen LogP contribution in [0.2, 0.25) is 0 Å². The molecule has 0 spiro atoms. The maximum Gasteiger partial charge on any atom is 1.00 e. The minimum Gasteiger partial charge on any atom is -0.550 e. The van der Waals surface area contributed by atoms with Gasteiger partial charge in [-0.15, -0.1) is 0 Å². The van der Waals surface area contributed by atoms with E-state index >= 15 is 0 Å². The Morgan fingerprint density at radius 1 is 0.810 bits per heavy atom. The summed E-state index contributed by atoms with van der Waals surface area (Å²) in [5, 5.41) is 10.2. The quantitative estimate of drug-likeness (QED) is 0.305. The molecule has 112 valence electrons. The third kappa shape index (κ3) is 21.5. The van der Waals surface area contributed by atoms with Crippen molar-refractivity contribution in [2.45, 2.75) is 58.3 Å². The number of aliphatic carboxylic acids is 1. The number of carbonyl (C=O) groups is 1. The van der Waals surface area contributed by atoms with Gasteiger partial charge in [0.1, 0.15) is 0 Å². The molecule has 0 radical (unpaired) electrons. The number of carboxylic acids is 1. The van der Waals surface area contributed by atoms with Gasteiger partial charge in [0, 0.05) is 5.97 Å². The van der Waals surface area contributed by atoms with Gasteiger partial charge in [0.15, 0.2) is 0 Å². The summed E-state index contributed by atoms with van der Waals surface area (Å²) in [4.78, 5) is 10.2. The van der Waals surface area contributed by atoms with E-state index in [2.05, 4.69) is 55.5 Å². The van der Waals surface area contributed by atoms with Gasteiger partial charge >= 0.3 is 18.9 Å². The second-order valence-electron chi connectivity index (χ2n) is 4.62. The van der Waals surface area contributed by atoms with Gasteiger partial charge in [-0.25, -0.2) is 0 Å². The van der Waals surface area contributed by atoms with Crippen molar-refractivity contribution >= 4 is 5.97 Å². The molecule has 0 bridgehead atoms. The van der Waals surface area contributed by atoms with Crippen molar-refractivity contribution in [2.75, 3.05) is 0 Å². The molecule has 0 heterocycles. The predicted octanol–water partition coefficient (Wildman–Crippen LogP) is 1.11. The zero-order valence-corrected chi connectivity index (χ0v) is 13.6. The Hall–Kier alpha value is -0.973. The fourth-order valence-corrected chi connectivity index (χ4v) is 1.63. The summed E-state index contributed by atoms with van der Waals surface area (Å²) < 4.78 is 0. The van der Waals surface area contributed by atoms with Crippen LogP contribution in [0.15, 0.2) is 48.6 Å². The molecule has 0 aromatic heterocycles. The van der Waals surface area contributed by atoms with Crippen LogP contribution >= 0.6 is 0 Å². The summed E-state index contributed by atoms with van der Waals surface area (Å²) in [6.45, 7) is 2.14. The molecule has 0 aromatic carbocycles. The summed E-state index contributed by atoms with van der Waals surface area (Å²) in [7, 11) is 0. The largest absolute Gasteiger partial charge is 1.00 e. The van der Waals surface area contributed by atoms with E-state index in [4.69, 9.17) is 0 Å². The third-order valence-electron chi connectivity index (χ3n) is 2.72. The Bertz CT molecular complexity index is 341. The van der Waals surface area contributed by atoms with E-state index in [9.17, 15) is 9.90 Å². The number of hydrogen-bond donors (Lipinski definition) is 0. The Morgan fingerprint density at radius 3 is 1.76 bits per heavy atom. The molecule has 0 N–H and O–H groups in total. The summed E-state index contributed by atoms with van der Waals surface area (Å²) in [6.07, 6.45) is 24.1. The van der Waals surface area contributed by atoms with Crippen LogP contribution in [0.4, 0.5) is 0 Å². The van der Waals surface area contributed by atoms with Crippen LogP contribution in [0, 0.1) is 0 Å². The maximum absolute atomic E-state index is 10.2. The van der Waals surface area contributed by atoms with E-state index in [1.54, 1.807) is 0 Å². The minimum absolute atomic E-state index is 0. The maximum atomic E-state index is 10.2. The van der Waals surface area contributed by atoms with E-state index in [-0.39, 0.29) is 25.3 Å². The monoisotopic (exact) mass is 282 g/mol. The molecule has 0 fully saturated rings. The standard InChI is InChI=1S/C18H28O2.Li/c1-2-3-4-5-6-7-8-9-10-11-12-13-14-15-16-17-18(19)20;/h3-4,6-7,9-10,12-13H,2,5,8,11,14-17H2,1H3,(H,19,20);/q;+1/p-1/b4-3-,7-6-,10-9-,13-12-;. The number of rotatable bonds is 12. The van der Waals surface area contributed by atoms with Crippen molar-refractivity contribution in [1.29, 1.82) is 0 Å². The average Bonchev–Trinajstić information content (AvgIpc) is 2.43. The molecule has 0 atom stereocenters. The molecule has 0 unspecified atom stereocenters. The summed E-state index contributed by atoms with van der Waals surface area (Å²) in [5.41, 5.74) is 0. The molecule has 0 amide bonds. The van der Waals surface area contributed by atoms with Crippen LogP contribution in [0.25, 0.3) is 0 Å². The zero-order chi connectivity index (χ0) is 14.9. The zero-order valence-electron chi connectivity index (χ0n) is 13.6. The fraction of sp³-hybridized carbons (Fsp3) is 0.500. The number of carboxylic acid groups (broad SMARTS) is 1. The first-order valence-corrected chi connectivity index (χ1v) is 7.57. The molecule has 21 heavy (non-hydrogen) atoms. The third-order valence-corrected chi connectivity index (χ3v) is 2.72. The molecule has 2 nitrogen and oxygen atoms in total. The van der Waals surface area contributed by atoms with Crippen molar-refractivity contribution in [3.05, 3.63) is 48.6 Å². The summed E-state index contributed by atoms with van der Waals surface area (Å²) in [6, 6.07) is 0. The van der Waals surface area contributed by atoms with Gasteiger partial charge in [0.05, 0.1) is 0 Å². The van der Waals surface area contributed by atoms with E-state index in [1.807, 2.05) is 0 Å². The number of carbonyl (C=O) groups excluding carboxylic acids is 1. The van der Waals surface area contributed by atoms with Gasteiger partial charge in [-0.1, -0.05) is 55.5 Å². The SMILES string of the molecule is CC/C=C\C/C=C\C/C=C\C/C=C\CCCCC(=O)[O-].[Li+]. The molecular formula is C18H27LiO2. The molecule has 0 saturated carbocycles. The average molecular weight is 282 g/mol. The van der Waals surface area contributed by atoms with Crippen LogP contribution in [-0.2, 0) is 4.79 Å². The van der Waals surface area contributed by atoms with E-state index < -0.39 is 5.97 Å². The number of hydrogen-bond acceptors (Lipinski definition) is 2. The van der Waals surface area contributed by atoms with Crippen LogP contribution in [0.5, 0.6) is 0 Å². The second-order valence-corrected chi connectivity index (χ2v) is 4.62. The van der Waals surface area contributed by atoms with Crippen LogP contribution in [0.3, 0.4) is 0 Å². The van der Waals surface area contributed by atoms with Gasteiger partial charge in [-0.3, -0.25) is 0 Å². The van der Waals surface area contributed by atoms with Crippen molar-refractivity contribution in [3.8, 4) is 0 Å². The fourth-order valence-electron chi connectivity index (χ4n) is 1.63. The van der Waals surface area contributed by atoms with E-state index in [0.29, 0.717) is 6.42 Å². The first-order chi connectivity index (χ1) is 9.77. The molecular weight excluding hydrogens is 255 g/mol. The van der Waals surface area contributed by atoms with E-state index in [1.165, 1.54) is 0 Å². The Kier molecular flexibility index (Phi) is 20.2. The first kappa shape index (κ1) is 22.3. The van der Waals surface area contributed by atoms with Crippen LogP contribution in [-0.4, -0.2) is 5.97 Å². The molecule has 3 heteroatoms. The van der Waals surface area contributed by atoms with E-state index in [0.717, 1.165) is 38.5 Å². The topological polar surface area (TPSA) is 40.1 Å². The van der Waals surface area contributed by atoms with Gasteiger partial charge in [0.25, 0.3) is 0 Å². The van der Waals surface area contributed by atoms with Gasteiger partial charge in [-0.2, -0.15) is 0 Å². The first-order valence-electron chi connectivity index (χ1n) is 7.57. The van der Waals surface area contributed by atoms with Crippen molar-refractivity contribution in [2.24, 2.45) is 0 Å². The van der Waals surface area contributed by atoms with Crippen molar-refractivity contribution < 1.29 is 28.8 Å². The molecule has 0 saturated heterocycles. The van der Waals surface area contributed by atoms with Gasteiger partial charge in [-0.05, 0) is 51.4 Å². The van der Waals surface area contributed by atoms with Gasteiger partial charge in [0.2, 0.25) is 0 Å². The number of unbranched alkanes of at least 4 members (excludes halogenated alkanes) is 2. The minimum atomic E-state index is -0.949. The molecule has 0 aliphatic heterocycles. The van der Waals surface area contributed by atoms with Gasteiger partial charge < -0.3 is 9.90 Å². The molecule has 0 rings (SSSR count). The second kappa shape index (κ2) is 19.0. The predicted molar refractivity (Wildman–Crippen MR) is 84.2 cm³/mol. The Balaban J connectivity index is 0.